The maximum atomic E-state index is 12.2. The van der Waals surface area contributed by atoms with Crippen molar-refractivity contribution in [1.29, 1.82) is 0 Å². The molecule has 1 aromatic rings. The van der Waals surface area contributed by atoms with E-state index in [2.05, 4.69) is 11.9 Å². The Morgan fingerprint density at radius 1 is 1.59 bits per heavy atom. The molecule has 1 saturated carbocycles. The number of anilines is 1. The van der Waals surface area contributed by atoms with Crippen LogP contribution in [-0.2, 0) is 0 Å². The minimum Gasteiger partial charge on any atom is -0.384 e. The van der Waals surface area contributed by atoms with Crippen molar-refractivity contribution < 1.29 is 4.79 Å². The third-order valence-electron chi connectivity index (χ3n) is 3.30. The fraction of sp³-hybridized carbons (Fsp3) is 0.500. The Bertz CT molecular complexity index is 425. The summed E-state index contributed by atoms with van der Waals surface area (Å²) in [6.45, 7) is 2.07. The molecule has 1 heterocycles. The third kappa shape index (κ3) is 2.69. The van der Waals surface area contributed by atoms with Crippen LogP contribution in [0.15, 0.2) is 12.1 Å². The minimum atomic E-state index is -0.0552. The molecular weight excluding hydrogens is 238 g/mol. The van der Waals surface area contributed by atoms with Crippen molar-refractivity contribution in [2.75, 3.05) is 12.8 Å². The lowest BCUT2D eigenvalue weighted by molar-refractivity contribution is 0.0727. The van der Waals surface area contributed by atoms with Gasteiger partial charge >= 0.3 is 0 Å². The summed E-state index contributed by atoms with van der Waals surface area (Å²) in [6.07, 6.45) is 2.41. The van der Waals surface area contributed by atoms with Gasteiger partial charge in [0.2, 0.25) is 0 Å². The predicted molar refractivity (Wildman–Crippen MR) is 67.9 cm³/mol. The molecule has 92 valence electrons. The molecule has 1 atom stereocenters. The Labute approximate surface area is 106 Å². The Hall–Kier alpha value is -1.29. The van der Waals surface area contributed by atoms with Gasteiger partial charge in [-0.05, 0) is 37.8 Å². The molecule has 2 rings (SSSR count). The zero-order valence-corrected chi connectivity index (χ0v) is 10.7. The van der Waals surface area contributed by atoms with Gasteiger partial charge in [0.25, 0.3) is 5.91 Å². The maximum Gasteiger partial charge on any atom is 0.254 e. The lowest BCUT2D eigenvalue weighted by Gasteiger charge is -2.25. The van der Waals surface area contributed by atoms with Crippen LogP contribution in [0.1, 0.15) is 30.1 Å². The first-order chi connectivity index (χ1) is 7.99. The van der Waals surface area contributed by atoms with Gasteiger partial charge in [-0.2, -0.15) is 0 Å². The first-order valence-corrected chi connectivity index (χ1v) is 6.07. The smallest absolute Gasteiger partial charge is 0.254 e. The number of carbonyl (C=O) groups excluding carboxylic acids is 1. The van der Waals surface area contributed by atoms with Crippen LogP contribution < -0.4 is 5.73 Å². The normalized spacial score (nSPS) is 16.6. The van der Waals surface area contributed by atoms with E-state index in [4.69, 9.17) is 17.3 Å². The Kier molecular flexibility index (Phi) is 3.24. The van der Waals surface area contributed by atoms with E-state index < -0.39 is 0 Å². The van der Waals surface area contributed by atoms with Crippen molar-refractivity contribution >= 4 is 23.3 Å². The van der Waals surface area contributed by atoms with Gasteiger partial charge in [0, 0.05) is 18.7 Å². The molecule has 1 amide bonds. The molecule has 1 unspecified atom stereocenters. The van der Waals surface area contributed by atoms with Crippen LogP contribution in [0.3, 0.4) is 0 Å². The third-order valence-corrected chi connectivity index (χ3v) is 3.49. The van der Waals surface area contributed by atoms with Crippen LogP contribution >= 0.6 is 11.6 Å². The molecule has 1 aliphatic carbocycles. The van der Waals surface area contributed by atoms with Gasteiger partial charge in [-0.1, -0.05) is 11.6 Å². The number of nitrogen functional groups attached to an aromatic ring is 1. The Morgan fingerprint density at radius 2 is 2.24 bits per heavy atom. The second kappa shape index (κ2) is 4.53. The van der Waals surface area contributed by atoms with Gasteiger partial charge in [0.05, 0.1) is 0 Å². The van der Waals surface area contributed by atoms with Crippen LogP contribution in [0.4, 0.5) is 5.82 Å². The summed E-state index contributed by atoms with van der Waals surface area (Å²) < 4.78 is 0. The van der Waals surface area contributed by atoms with Crippen molar-refractivity contribution in [2.24, 2.45) is 5.92 Å². The summed E-state index contributed by atoms with van der Waals surface area (Å²) in [6, 6.07) is 3.37. The number of hydrogen-bond acceptors (Lipinski definition) is 3. The summed E-state index contributed by atoms with van der Waals surface area (Å²) in [4.78, 5) is 17.8. The number of hydrogen-bond donors (Lipinski definition) is 1. The molecule has 0 aromatic carbocycles. The number of aromatic nitrogens is 1. The van der Waals surface area contributed by atoms with Crippen LogP contribution in [0.25, 0.3) is 0 Å². The van der Waals surface area contributed by atoms with E-state index in [9.17, 15) is 4.79 Å². The van der Waals surface area contributed by atoms with Gasteiger partial charge < -0.3 is 10.6 Å². The first kappa shape index (κ1) is 12.2. The van der Waals surface area contributed by atoms with Crippen LogP contribution in [0.2, 0.25) is 5.15 Å². The van der Waals surface area contributed by atoms with E-state index in [0.29, 0.717) is 11.5 Å². The minimum absolute atomic E-state index is 0.0552. The molecule has 0 radical (unpaired) electrons. The fourth-order valence-corrected chi connectivity index (χ4v) is 2.14. The van der Waals surface area contributed by atoms with Gasteiger partial charge in [-0.15, -0.1) is 0 Å². The molecule has 4 nitrogen and oxygen atoms in total. The maximum absolute atomic E-state index is 12.2. The van der Waals surface area contributed by atoms with E-state index in [1.165, 1.54) is 12.8 Å². The predicted octanol–water partition coefficient (Wildman–Crippen LogP) is 2.19. The molecule has 1 aromatic heterocycles. The summed E-state index contributed by atoms with van der Waals surface area (Å²) in [5.41, 5.74) is 6.08. The zero-order valence-electron chi connectivity index (χ0n) is 9.98. The molecule has 0 aliphatic heterocycles. The molecule has 0 spiro atoms. The highest BCUT2D eigenvalue weighted by atomic mass is 35.5. The van der Waals surface area contributed by atoms with Gasteiger partial charge in [-0.25, -0.2) is 4.98 Å². The Morgan fingerprint density at radius 3 is 2.76 bits per heavy atom. The SMILES string of the molecule is CC(C1CC1)N(C)C(=O)c1cc(N)nc(Cl)c1. The number of nitrogens with two attached hydrogens (primary N) is 1. The summed E-state index contributed by atoms with van der Waals surface area (Å²) >= 11 is 5.79. The lowest BCUT2D eigenvalue weighted by atomic mass is 10.1. The fourth-order valence-electron chi connectivity index (χ4n) is 1.92. The molecule has 5 heteroatoms. The van der Waals surface area contributed by atoms with E-state index >= 15 is 0 Å². The van der Waals surface area contributed by atoms with E-state index in [0.717, 1.165) is 0 Å². The van der Waals surface area contributed by atoms with Crippen LogP contribution in [0, 0.1) is 5.92 Å². The zero-order chi connectivity index (χ0) is 12.6. The molecular formula is C12H16ClN3O. The molecule has 0 bridgehead atoms. The van der Waals surface area contributed by atoms with Gasteiger partial charge in [-0.3, -0.25) is 4.79 Å². The van der Waals surface area contributed by atoms with E-state index in [1.54, 1.807) is 17.0 Å². The number of halogens is 1. The molecule has 0 saturated heterocycles. The van der Waals surface area contributed by atoms with Gasteiger partial charge in [0.1, 0.15) is 11.0 Å². The molecule has 1 aliphatic rings. The number of nitrogens with zero attached hydrogens (tertiary/aromatic N) is 2. The second-order valence-electron chi connectivity index (χ2n) is 4.60. The van der Waals surface area contributed by atoms with Crippen molar-refractivity contribution in [1.82, 2.24) is 9.88 Å². The quantitative estimate of drug-likeness (QED) is 0.840. The highest BCUT2D eigenvalue weighted by molar-refractivity contribution is 6.29. The highest BCUT2D eigenvalue weighted by Gasteiger charge is 2.32. The van der Waals surface area contributed by atoms with E-state index in [1.807, 2.05) is 7.05 Å². The number of pyridine rings is 1. The van der Waals surface area contributed by atoms with Crippen molar-refractivity contribution in [2.45, 2.75) is 25.8 Å². The second-order valence-corrected chi connectivity index (χ2v) is 4.98. The van der Waals surface area contributed by atoms with Crippen molar-refractivity contribution in [3.8, 4) is 0 Å². The number of carbonyl (C=O) groups is 1. The largest absolute Gasteiger partial charge is 0.384 e. The summed E-state index contributed by atoms with van der Waals surface area (Å²) in [5.74, 6) is 0.854. The monoisotopic (exact) mass is 253 g/mol. The van der Waals surface area contributed by atoms with Crippen molar-refractivity contribution in [3.63, 3.8) is 0 Å². The number of amides is 1. The van der Waals surface area contributed by atoms with Crippen LogP contribution in [-0.4, -0.2) is 28.9 Å². The topological polar surface area (TPSA) is 59.2 Å². The number of rotatable bonds is 3. The molecule has 17 heavy (non-hydrogen) atoms. The standard InChI is InChI=1S/C12H16ClN3O/c1-7(8-3-4-8)16(2)12(17)9-5-10(13)15-11(14)6-9/h5-8H,3-4H2,1-2H3,(H2,14,15). The molecule has 2 N–H and O–H groups in total. The van der Waals surface area contributed by atoms with Crippen molar-refractivity contribution in [3.05, 3.63) is 22.8 Å². The first-order valence-electron chi connectivity index (χ1n) is 5.69. The summed E-state index contributed by atoms with van der Waals surface area (Å²) in [5, 5.41) is 0.251. The van der Waals surface area contributed by atoms with Crippen LogP contribution in [0.5, 0.6) is 0 Å². The summed E-state index contributed by atoms with van der Waals surface area (Å²) in [7, 11) is 1.82. The van der Waals surface area contributed by atoms with E-state index in [-0.39, 0.29) is 22.9 Å². The lowest BCUT2D eigenvalue weighted by Crippen LogP contribution is -2.36. The molecule has 1 fully saturated rings. The van der Waals surface area contributed by atoms with Gasteiger partial charge in [0.15, 0.2) is 0 Å². The average molecular weight is 254 g/mol. The average Bonchev–Trinajstić information content (AvgIpc) is 3.08. The Balaban J connectivity index is 2.17. The highest BCUT2D eigenvalue weighted by Crippen LogP contribution is 2.35.